The summed E-state index contributed by atoms with van der Waals surface area (Å²) in [4.78, 5) is 4.79. The van der Waals surface area contributed by atoms with E-state index in [1.165, 1.54) is 19.4 Å². The number of benzene rings is 1. The van der Waals surface area contributed by atoms with E-state index in [1.807, 2.05) is 12.1 Å². The lowest BCUT2D eigenvalue weighted by Crippen LogP contribution is -2.36. The summed E-state index contributed by atoms with van der Waals surface area (Å²) in [5.74, 6) is 1.58. The van der Waals surface area contributed by atoms with Gasteiger partial charge in [-0.3, -0.25) is 0 Å². The summed E-state index contributed by atoms with van der Waals surface area (Å²) in [6, 6.07) is 4.58. The number of nitrogens with zero attached hydrogens (tertiary/aromatic N) is 2. The van der Waals surface area contributed by atoms with Gasteiger partial charge in [-0.25, -0.2) is 0 Å². The van der Waals surface area contributed by atoms with Gasteiger partial charge in [0.05, 0.1) is 0 Å². The van der Waals surface area contributed by atoms with Crippen LogP contribution in [-0.4, -0.2) is 56.2 Å². The smallest absolute Gasteiger partial charge is 0.163 e. The van der Waals surface area contributed by atoms with Gasteiger partial charge < -0.3 is 25.0 Å². The van der Waals surface area contributed by atoms with Crippen LogP contribution in [0, 0.1) is 0 Å². The van der Waals surface area contributed by atoms with E-state index in [0.717, 1.165) is 35.8 Å². The van der Waals surface area contributed by atoms with Gasteiger partial charge in [-0.05, 0) is 45.1 Å². The summed E-state index contributed by atoms with van der Waals surface area (Å²) in [6.07, 6.45) is 2.60. The molecule has 0 aliphatic carbocycles. The molecule has 2 aliphatic rings. The van der Waals surface area contributed by atoms with Crippen molar-refractivity contribution in [3.63, 3.8) is 0 Å². The normalized spacial score (nSPS) is 22.0. The van der Waals surface area contributed by atoms with E-state index in [4.69, 9.17) is 15.2 Å². The first-order valence-electron chi connectivity index (χ1n) is 7.70. The van der Waals surface area contributed by atoms with Crippen molar-refractivity contribution in [1.29, 1.82) is 0 Å². The van der Waals surface area contributed by atoms with Crippen LogP contribution >= 0.6 is 0 Å². The van der Waals surface area contributed by atoms with Gasteiger partial charge in [-0.15, -0.1) is 0 Å². The van der Waals surface area contributed by atoms with Gasteiger partial charge in [-0.2, -0.15) is 0 Å². The quantitative estimate of drug-likeness (QED) is 0.853. The number of likely N-dealkylation sites (tertiary alicyclic amines) is 1. The fraction of sp³-hybridized carbons (Fsp3) is 0.625. The van der Waals surface area contributed by atoms with Gasteiger partial charge in [-0.1, -0.05) is 0 Å². The van der Waals surface area contributed by atoms with Gasteiger partial charge in [0.25, 0.3) is 0 Å². The Labute approximate surface area is 126 Å². The van der Waals surface area contributed by atoms with Gasteiger partial charge in [0.1, 0.15) is 13.2 Å². The maximum absolute atomic E-state index is 6.16. The second-order valence-corrected chi connectivity index (χ2v) is 6.17. The summed E-state index contributed by atoms with van der Waals surface area (Å²) in [5.41, 5.74) is 8.05. The lowest BCUT2D eigenvalue weighted by molar-refractivity contribution is 0.171. The number of likely N-dealkylation sites (N-methyl/N-ethyl adjacent to an activating group) is 2. The SMILES string of the molecule is CN(Cc1cc2c(cc1N)OCCO2)CC1CCCN1C. The first kappa shape index (κ1) is 14.5. The van der Waals surface area contributed by atoms with Crippen LogP contribution < -0.4 is 15.2 Å². The molecule has 0 spiro atoms. The Morgan fingerprint density at radius 1 is 1.29 bits per heavy atom. The summed E-state index contributed by atoms with van der Waals surface area (Å²) >= 11 is 0. The third-order valence-electron chi connectivity index (χ3n) is 4.44. The molecule has 5 nitrogen and oxygen atoms in total. The van der Waals surface area contributed by atoms with E-state index in [0.29, 0.717) is 19.3 Å². The monoisotopic (exact) mass is 291 g/mol. The molecule has 1 fully saturated rings. The lowest BCUT2D eigenvalue weighted by Gasteiger charge is -2.27. The molecule has 116 valence electrons. The zero-order valence-electron chi connectivity index (χ0n) is 13.0. The van der Waals surface area contributed by atoms with E-state index >= 15 is 0 Å². The molecule has 0 bridgehead atoms. The molecular weight excluding hydrogens is 266 g/mol. The van der Waals surface area contributed by atoms with E-state index in [1.54, 1.807) is 0 Å². The largest absolute Gasteiger partial charge is 0.486 e. The number of hydrogen-bond donors (Lipinski definition) is 1. The Morgan fingerprint density at radius 2 is 2.00 bits per heavy atom. The van der Waals surface area contributed by atoms with Gasteiger partial charge >= 0.3 is 0 Å². The molecule has 1 aromatic carbocycles. The molecular formula is C16H25N3O2. The Hall–Kier alpha value is -1.46. The van der Waals surface area contributed by atoms with Crippen LogP contribution in [0.5, 0.6) is 11.5 Å². The van der Waals surface area contributed by atoms with E-state index in [9.17, 15) is 0 Å². The molecule has 0 amide bonds. The average Bonchev–Trinajstić information content (AvgIpc) is 2.85. The molecule has 3 rings (SSSR count). The predicted molar refractivity (Wildman–Crippen MR) is 83.8 cm³/mol. The lowest BCUT2D eigenvalue weighted by atomic mass is 10.1. The topological polar surface area (TPSA) is 51.0 Å². The van der Waals surface area contributed by atoms with Crippen LogP contribution in [0.25, 0.3) is 0 Å². The fourth-order valence-corrected chi connectivity index (χ4v) is 3.21. The van der Waals surface area contributed by atoms with E-state index < -0.39 is 0 Å². The highest BCUT2D eigenvalue weighted by Gasteiger charge is 2.22. The Balaban J connectivity index is 1.66. The number of fused-ring (bicyclic) bond motifs is 1. The van der Waals surface area contributed by atoms with Gasteiger partial charge in [0, 0.05) is 30.9 Å². The summed E-state index contributed by atoms with van der Waals surface area (Å²) in [6.45, 7) is 4.33. The Kier molecular flexibility index (Phi) is 4.22. The average molecular weight is 291 g/mol. The minimum atomic E-state index is 0.597. The van der Waals surface area contributed by atoms with Crippen molar-refractivity contribution in [2.75, 3.05) is 46.1 Å². The number of anilines is 1. The minimum absolute atomic E-state index is 0.597. The third-order valence-corrected chi connectivity index (χ3v) is 4.44. The van der Waals surface area contributed by atoms with Crippen molar-refractivity contribution in [3.8, 4) is 11.5 Å². The van der Waals surface area contributed by atoms with Crippen molar-refractivity contribution in [3.05, 3.63) is 17.7 Å². The zero-order chi connectivity index (χ0) is 14.8. The second-order valence-electron chi connectivity index (χ2n) is 6.17. The molecule has 2 N–H and O–H groups in total. The molecule has 21 heavy (non-hydrogen) atoms. The number of ether oxygens (including phenoxy) is 2. The molecule has 2 heterocycles. The molecule has 0 radical (unpaired) electrons. The highest BCUT2D eigenvalue weighted by molar-refractivity contribution is 5.58. The zero-order valence-corrected chi connectivity index (χ0v) is 13.0. The molecule has 1 atom stereocenters. The van der Waals surface area contributed by atoms with Crippen LogP contribution in [0.2, 0.25) is 0 Å². The van der Waals surface area contributed by atoms with E-state index in [-0.39, 0.29) is 0 Å². The predicted octanol–water partition coefficient (Wildman–Crippen LogP) is 1.57. The molecule has 1 saturated heterocycles. The number of nitrogen functional groups attached to an aromatic ring is 1. The minimum Gasteiger partial charge on any atom is -0.486 e. The van der Waals surface area contributed by atoms with Gasteiger partial charge in [0.2, 0.25) is 0 Å². The van der Waals surface area contributed by atoms with Crippen LogP contribution in [0.15, 0.2) is 12.1 Å². The number of nitrogens with two attached hydrogens (primary N) is 1. The van der Waals surface area contributed by atoms with E-state index in [2.05, 4.69) is 23.9 Å². The maximum Gasteiger partial charge on any atom is 0.163 e. The number of rotatable bonds is 4. The first-order valence-corrected chi connectivity index (χ1v) is 7.70. The molecule has 5 heteroatoms. The number of hydrogen-bond acceptors (Lipinski definition) is 5. The Bertz CT molecular complexity index is 507. The van der Waals surface area contributed by atoms with Crippen molar-refractivity contribution < 1.29 is 9.47 Å². The van der Waals surface area contributed by atoms with Crippen LogP contribution in [0.4, 0.5) is 5.69 Å². The van der Waals surface area contributed by atoms with Crippen molar-refractivity contribution in [2.24, 2.45) is 0 Å². The van der Waals surface area contributed by atoms with Crippen molar-refractivity contribution >= 4 is 5.69 Å². The first-order chi connectivity index (χ1) is 10.1. The molecule has 1 unspecified atom stereocenters. The van der Waals surface area contributed by atoms with Crippen molar-refractivity contribution in [1.82, 2.24) is 9.80 Å². The van der Waals surface area contributed by atoms with Gasteiger partial charge in [0.15, 0.2) is 11.5 Å². The third kappa shape index (κ3) is 3.24. The van der Waals surface area contributed by atoms with Crippen LogP contribution in [-0.2, 0) is 6.54 Å². The Morgan fingerprint density at radius 3 is 2.67 bits per heavy atom. The van der Waals surface area contributed by atoms with Crippen molar-refractivity contribution in [2.45, 2.75) is 25.4 Å². The van der Waals surface area contributed by atoms with Crippen LogP contribution in [0.3, 0.4) is 0 Å². The molecule has 2 aliphatic heterocycles. The second kappa shape index (κ2) is 6.12. The van der Waals surface area contributed by atoms with Crippen LogP contribution in [0.1, 0.15) is 18.4 Å². The molecule has 0 saturated carbocycles. The highest BCUT2D eigenvalue weighted by atomic mass is 16.6. The molecule has 1 aromatic rings. The summed E-state index contributed by atoms with van der Waals surface area (Å²) < 4.78 is 11.2. The summed E-state index contributed by atoms with van der Waals surface area (Å²) in [5, 5.41) is 0. The standard InChI is InChI=1S/C16H25N3O2/c1-18(11-13-4-3-5-19(13)2)10-12-8-15-16(9-14(12)17)21-7-6-20-15/h8-9,13H,3-7,10-11,17H2,1-2H3. The molecule has 0 aromatic heterocycles. The highest BCUT2D eigenvalue weighted by Crippen LogP contribution is 2.34. The summed E-state index contributed by atoms with van der Waals surface area (Å²) in [7, 11) is 4.37. The fourth-order valence-electron chi connectivity index (χ4n) is 3.21. The maximum atomic E-state index is 6.16.